The predicted molar refractivity (Wildman–Crippen MR) is 66.0 cm³/mol. The van der Waals surface area contributed by atoms with Crippen molar-refractivity contribution in [1.29, 1.82) is 0 Å². The fourth-order valence-electron chi connectivity index (χ4n) is 1.42. The lowest BCUT2D eigenvalue weighted by Crippen LogP contribution is -2.21. The van der Waals surface area contributed by atoms with Crippen molar-refractivity contribution in [3.05, 3.63) is 28.6 Å². The summed E-state index contributed by atoms with van der Waals surface area (Å²) in [7, 11) is 0. The molecule has 0 aliphatic carbocycles. The highest BCUT2D eigenvalue weighted by molar-refractivity contribution is 9.10. The third-order valence-electron chi connectivity index (χ3n) is 2.24. The van der Waals surface area contributed by atoms with Crippen LogP contribution in [-0.2, 0) is 6.54 Å². The Kier molecular flexibility index (Phi) is 3.46. The van der Waals surface area contributed by atoms with Crippen molar-refractivity contribution >= 4 is 15.9 Å². The Hall–Kier alpha value is -1.07. The number of aromatic nitrogens is 2. The Balaban J connectivity index is 2.19. The van der Waals surface area contributed by atoms with Gasteiger partial charge in [0.05, 0.1) is 6.20 Å². The molecule has 0 aliphatic heterocycles. The molecule has 0 fully saturated rings. The van der Waals surface area contributed by atoms with E-state index < -0.39 is 0 Å². The summed E-state index contributed by atoms with van der Waals surface area (Å²) in [5, 5.41) is 10.4. The van der Waals surface area contributed by atoms with Crippen molar-refractivity contribution in [2.24, 2.45) is 0 Å². The molecule has 4 nitrogen and oxygen atoms in total. The molecule has 2 heterocycles. The number of nitrogens with zero attached hydrogens (tertiary/aromatic N) is 1. The Labute approximate surface area is 103 Å². The van der Waals surface area contributed by atoms with Gasteiger partial charge in [0.25, 0.3) is 0 Å². The SMILES string of the molecule is CC(C)NCc1cn[nH]c1-c1ccc(Br)o1. The zero-order valence-electron chi connectivity index (χ0n) is 9.25. The van der Waals surface area contributed by atoms with Crippen LogP contribution in [0.25, 0.3) is 11.5 Å². The van der Waals surface area contributed by atoms with Crippen LogP contribution in [-0.4, -0.2) is 16.2 Å². The molecule has 0 saturated carbocycles. The van der Waals surface area contributed by atoms with Crippen LogP contribution in [0.3, 0.4) is 0 Å². The summed E-state index contributed by atoms with van der Waals surface area (Å²) in [5.41, 5.74) is 2.04. The molecule has 0 radical (unpaired) electrons. The number of halogens is 1. The second kappa shape index (κ2) is 4.84. The molecule has 0 aliphatic rings. The highest BCUT2D eigenvalue weighted by Crippen LogP contribution is 2.25. The maximum atomic E-state index is 5.49. The van der Waals surface area contributed by atoms with Gasteiger partial charge in [0.15, 0.2) is 10.4 Å². The van der Waals surface area contributed by atoms with E-state index in [4.69, 9.17) is 4.42 Å². The Bertz CT molecular complexity index is 461. The van der Waals surface area contributed by atoms with Crippen molar-refractivity contribution in [2.75, 3.05) is 0 Å². The van der Waals surface area contributed by atoms with Crippen LogP contribution in [0.15, 0.2) is 27.4 Å². The van der Waals surface area contributed by atoms with Gasteiger partial charge >= 0.3 is 0 Å². The normalized spacial score (nSPS) is 11.2. The number of furan rings is 1. The van der Waals surface area contributed by atoms with Crippen LogP contribution < -0.4 is 5.32 Å². The number of hydrogen-bond donors (Lipinski definition) is 2. The van der Waals surface area contributed by atoms with E-state index in [1.165, 1.54) is 0 Å². The fourth-order valence-corrected chi connectivity index (χ4v) is 1.73. The second-order valence-corrected chi connectivity index (χ2v) is 4.69. The fraction of sp³-hybridized carbons (Fsp3) is 0.364. The van der Waals surface area contributed by atoms with Gasteiger partial charge in [-0.05, 0) is 28.1 Å². The quantitative estimate of drug-likeness (QED) is 0.907. The Morgan fingerprint density at radius 2 is 2.31 bits per heavy atom. The van der Waals surface area contributed by atoms with Gasteiger partial charge in [-0.3, -0.25) is 5.10 Å². The van der Waals surface area contributed by atoms with Gasteiger partial charge in [-0.25, -0.2) is 0 Å². The third kappa shape index (κ3) is 2.54. The Morgan fingerprint density at radius 3 is 2.94 bits per heavy atom. The van der Waals surface area contributed by atoms with E-state index >= 15 is 0 Å². The van der Waals surface area contributed by atoms with Gasteiger partial charge in [-0.2, -0.15) is 5.10 Å². The molecule has 0 bridgehead atoms. The molecule has 86 valence electrons. The zero-order chi connectivity index (χ0) is 11.5. The lowest BCUT2D eigenvalue weighted by molar-refractivity contribution is 0.550. The molecule has 2 aromatic heterocycles. The summed E-state index contributed by atoms with van der Waals surface area (Å²) in [4.78, 5) is 0. The van der Waals surface area contributed by atoms with Crippen LogP contribution in [0.2, 0.25) is 0 Å². The maximum Gasteiger partial charge on any atom is 0.169 e. The molecule has 0 aromatic carbocycles. The summed E-state index contributed by atoms with van der Waals surface area (Å²) < 4.78 is 6.22. The van der Waals surface area contributed by atoms with Crippen LogP contribution in [0.1, 0.15) is 19.4 Å². The molecule has 0 amide bonds. The average molecular weight is 284 g/mol. The summed E-state index contributed by atoms with van der Waals surface area (Å²) in [6.07, 6.45) is 1.82. The third-order valence-corrected chi connectivity index (χ3v) is 2.66. The minimum Gasteiger partial charge on any atom is -0.448 e. The second-order valence-electron chi connectivity index (χ2n) is 3.91. The molecule has 0 saturated heterocycles. The summed E-state index contributed by atoms with van der Waals surface area (Å²) >= 11 is 3.29. The van der Waals surface area contributed by atoms with Crippen molar-refractivity contribution in [3.63, 3.8) is 0 Å². The van der Waals surface area contributed by atoms with Gasteiger partial charge in [0, 0.05) is 18.2 Å². The monoisotopic (exact) mass is 283 g/mol. The first-order chi connectivity index (χ1) is 7.66. The van der Waals surface area contributed by atoms with Gasteiger partial charge in [0.2, 0.25) is 0 Å². The van der Waals surface area contributed by atoms with Gasteiger partial charge < -0.3 is 9.73 Å². The predicted octanol–water partition coefficient (Wildman–Crippen LogP) is 2.93. The first kappa shape index (κ1) is 11.4. The summed E-state index contributed by atoms with van der Waals surface area (Å²) in [6.45, 7) is 5.01. The van der Waals surface area contributed by atoms with Gasteiger partial charge in [-0.1, -0.05) is 13.8 Å². The van der Waals surface area contributed by atoms with Crippen LogP contribution >= 0.6 is 15.9 Å². The van der Waals surface area contributed by atoms with Gasteiger partial charge in [-0.15, -0.1) is 0 Å². The lowest BCUT2D eigenvalue weighted by atomic mass is 10.2. The largest absolute Gasteiger partial charge is 0.448 e. The summed E-state index contributed by atoms with van der Waals surface area (Å²) in [6, 6.07) is 4.23. The van der Waals surface area contributed by atoms with Crippen molar-refractivity contribution in [2.45, 2.75) is 26.4 Å². The highest BCUT2D eigenvalue weighted by Gasteiger charge is 2.11. The zero-order valence-corrected chi connectivity index (χ0v) is 10.8. The first-order valence-electron chi connectivity index (χ1n) is 5.18. The Morgan fingerprint density at radius 1 is 1.50 bits per heavy atom. The van der Waals surface area contributed by atoms with Crippen molar-refractivity contribution in [3.8, 4) is 11.5 Å². The maximum absolute atomic E-state index is 5.49. The number of hydrogen-bond acceptors (Lipinski definition) is 3. The van der Waals surface area contributed by atoms with Crippen LogP contribution in [0.4, 0.5) is 0 Å². The highest BCUT2D eigenvalue weighted by atomic mass is 79.9. The average Bonchev–Trinajstić information content (AvgIpc) is 2.82. The molecule has 5 heteroatoms. The standard InChI is InChI=1S/C11H14BrN3O/c1-7(2)13-5-8-6-14-15-11(8)9-3-4-10(12)16-9/h3-4,6-7,13H,5H2,1-2H3,(H,14,15). The first-order valence-corrected chi connectivity index (χ1v) is 5.97. The van der Waals surface area contributed by atoms with Crippen LogP contribution in [0.5, 0.6) is 0 Å². The minimum atomic E-state index is 0.450. The molecule has 16 heavy (non-hydrogen) atoms. The number of nitrogens with one attached hydrogen (secondary N) is 2. The van der Waals surface area contributed by atoms with E-state index in [9.17, 15) is 0 Å². The number of H-pyrrole nitrogens is 1. The molecule has 2 rings (SSSR count). The number of aromatic amines is 1. The van der Waals surface area contributed by atoms with Crippen molar-refractivity contribution in [1.82, 2.24) is 15.5 Å². The molecule has 2 aromatic rings. The van der Waals surface area contributed by atoms with E-state index in [1.807, 2.05) is 18.3 Å². The molecule has 2 N–H and O–H groups in total. The van der Waals surface area contributed by atoms with E-state index in [2.05, 4.69) is 45.3 Å². The van der Waals surface area contributed by atoms with E-state index in [0.717, 1.165) is 28.2 Å². The number of rotatable bonds is 4. The smallest absolute Gasteiger partial charge is 0.169 e. The molecule has 0 unspecified atom stereocenters. The summed E-state index contributed by atoms with van der Waals surface area (Å²) in [5.74, 6) is 0.796. The molecule has 0 spiro atoms. The van der Waals surface area contributed by atoms with Crippen LogP contribution in [0, 0.1) is 0 Å². The van der Waals surface area contributed by atoms with E-state index in [0.29, 0.717) is 6.04 Å². The lowest BCUT2D eigenvalue weighted by Gasteiger charge is -2.07. The van der Waals surface area contributed by atoms with E-state index in [1.54, 1.807) is 0 Å². The topological polar surface area (TPSA) is 53.9 Å². The molecular weight excluding hydrogens is 270 g/mol. The van der Waals surface area contributed by atoms with E-state index in [-0.39, 0.29) is 0 Å². The minimum absolute atomic E-state index is 0.450. The molecular formula is C11H14BrN3O. The van der Waals surface area contributed by atoms with Gasteiger partial charge in [0.1, 0.15) is 5.69 Å². The van der Waals surface area contributed by atoms with Crippen molar-refractivity contribution < 1.29 is 4.42 Å². The molecule has 0 atom stereocenters.